The number of piperidine rings is 1. The zero-order valence-electron chi connectivity index (χ0n) is 12.2. The van der Waals surface area contributed by atoms with Gasteiger partial charge in [0.15, 0.2) is 0 Å². The fraction of sp³-hybridized carbons (Fsp3) is 0.857. The number of hydrogen-bond acceptors (Lipinski definition) is 2. The van der Waals surface area contributed by atoms with Gasteiger partial charge in [-0.3, -0.25) is 9.59 Å². The Hall–Kier alpha value is -1.27. The van der Waals surface area contributed by atoms with Gasteiger partial charge in [-0.15, -0.1) is 0 Å². The summed E-state index contributed by atoms with van der Waals surface area (Å²) < 4.78 is 37.1. The number of rotatable bonds is 2. The average molecular weight is 306 g/mol. The van der Waals surface area contributed by atoms with Gasteiger partial charge in [0.05, 0.1) is 0 Å². The molecule has 0 N–H and O–H groups in total. The van der Waals surface area contributed by atoms with Crippen molar-refractivity contribution in [2.45, 2.75) is 51.2 Å². The fourth-order valence-electron chi connectivity index (χ4n) is 3.29. The molecule has 21 heavy (non-hydrogen) atoms. The minimum absolute atomic E-state index is 0.0133. The Labute approximate surface area is 122 Å². The molecule has 1 unspecified atom stereocenters. The predicted molar refractivity (Wildman–Crippen MR) is 70.4 cm³/mol. The minimum atomic E-state index is -4.82. The lowest BCUT2D eigenvalue weighted by atomic mass is 9.94. The van der Waals surface area contributed by atoms with Crippen LogP contribution >= 0.6 is 0 Å². The van der Waals surface area contributed by atoms with Crippen molar-refractivity contribution in [3.05, 3.63) is 0 Å². The Kier molecular flexibility index (Phi) is 4.78. The van der Waals surface area contributed by atoms with Crippen molar-refractivity contribution in [1.29, 1.82) is 0 Å². The van der Waals surface area contributed by atoms with Crippen LogP contribution in [0.3, 0.4) is 0 Å². The lowest BCUT2D eigenvalue weighted by molar-refractivity contribution is -0.187. The van der Waals surface area contributed by atoms with Crippen molar-refractivity contribution >= 4 is 11.8 Å². The molecule has 0 aromatic carbocycles. The maximum atomic E-state index is 12.4. The summed E-state index contributed by atoms with van der Waals surface area (Å²) in [4.78, 5) is 26.3. The normalized spacial score (nSPS) is 24.5. The van der Waals surface area contributed by atoms with Crippen LogP contribution in [0.25, 0.3) is 0 Å². The van der Waals surface area contributed by atoms with E-state index in [2.05, 4.69) is 0 Å². The van der Waals surface area contributed by atoms with E-state index >= 15 is 0 Å². The van der Waals surface area contributed by atoms with Crippen LogP contribution in [-0.4, -0.2) is 53.5 Å². The second-order valence-corrected chi connectivity index (χ2v) is 5.80. The number of carbonyl (C=O) groups excluding carboxylic acids is 2. The zero-order valence-corrected chi connectivity index (χ0v) is 12.2. The Morgan fingerprint density at radius 1 is 1.10 bits per heavy atom. The maximum Gasteiger partial charge on any atom is 0.471 e. The molecule has 0 saturated carbocycles. The van der Waals surface area contributed by atoms with Crippen molar-refractivity contribution in [2.75, 3.05) is 19.6 Å². The van der Waals surface area contributed by atoms with E-state index in [0.717, 1.165) is 30.7 Å². The van der Waals surface area contributed by atoms with E-state index in [1.807, 2.05) is 11.8 Å². The van der Waals surface area contributed by atoms with Crippen LogP contribution < -0.4 is 0 Å². The molecule has 2 fully saturated rings. The molecule has 0 radical (unpaired) electrons. The van der Waals surface area contributed by atoms with Crippen molar-refractivity contribution < 1.29 is 22.8 Å². The van der Waals surface area contributed by atoms with Gasteiger partial charge in [0.2, 0.25) is 5.91 Å². The first-order valence-corrected chi connectivity index (χ1v) is 7.51. The van der Waals surface area contributed by atoms with Gasteiger partial charge < -0.3 is 9.80 Å². The quantitative estimate of drug-likeness (QED) is 0.784. The number of likely N-dealkylation sites (tertiary alicyclic amines) is 2. The number of amides is 2. The van der Waals surface area contributed by atoms with E-state index in [4.69, 9.17) is 0 Å². The summed E-state index contributed by atoms with van der Waals surface area (Å²) in [6.07, 6.45) is -1.25. The summed E-state index contributed by atoms with van der Waals surface area (Å²) in [7, 11) is 0. The molecular weight excluding hydrogens is 285 g/mol. The first-order chi connectivity index (χ1) is 9.84. The van der Waals surface area contributed by atoms with Crippen molar-refractivity contribution in [2.24, 2.45) is 5.92 Å². The van der Waals surface area contributed by atoms with Crippen LogP contribution in [0.2, 0.25) is 0 Å². The molecule has 1 atom stereocenters. The lowest BCUT2D eigenvalue weighted by Crippen LogP contribution is -2.48. The van der Waals surface area contributed by atoms with Gasteiger partial charge >= 0.3 is 12.1 Å². The molecule has 0 bridgehead atoms. The summed E-state index contributed by atoms with van der Waals surface area (Å²) in [5, 5.41) is 0. The second kappa shape index (κ2) is 6.23. The summed E-state index contributed by atoms with van der Waals surface area (Å²) in [5.74, 6) is -1.98. The molecule has 2 rings (SSSR count). The van der Waals surface area contributed by atoms with Crippen LogP contribution in [0.15, 0.2) is 0 Å². The SMILES string of the molecule is CCC1CCCN1C(=O)C1CCN(C(=O)C(F)(F)F)CC1. The standard InChI is InChI=1S/C14H21F3N2O2/c1-2-11-4-3-7-19(11)12(20)10-5-8-18(9-6-10)13(21)14(15,16)17/h10-11H,2-9H2,1H3. The molecule has 0 spiro atoms. The Morgan fingerprint density at radius 3 is 2.24 bits per heavy atom. The fourth-order valence-corrected chi connectivity index (χ4v) is 3.29. The average Bonchev–Trinajstić information content (AvgIpc) is 2.93. The third-order valence-corrected chi connectivity index (χ3v) is 4.51. The Balaban J connectivity index is 1.89. The number of carbonyl (C=O) groups is 2. The van der Waals surface area contributed by atoms with E-state index in [1.54, 1.807) is 0 Å². The Morgan fingerprint density at radius 2 is 1.71 bits per heavy atom. The lowest BCUT2D eigenvalue weighted by Gasteiger charge is -2.35. The van der Waals surface area contributed by atoms with E-state index in [0.29, 0.717) is 12.8 Å². The number of nitrogens with zero attached hydrogens (tertiary/aromatic N) is 2. The molecule has 2 aliphatic heterocycles. The van der Waals surface area contributed by atoms with E-state index in [9.17, 15) is 22.8 Å². The second-order valence-electron chi connectivity index (χ2n) is 5.80. The minimum Gasteiger partial charge on any atom is -0.339 e. The van der Waals surface area contributed by atoms with Crippen LogP contribution in [0.4, 0.5) is 13.2 Å². The molecule has 2 saturated heterocycles. The molecule has 2 amide bonds. The van der Waals surface area contributed by atoms with Gasteiger partial charge in [0, 0.05) is 31.6 Å². The molecular formula is C14H21F3N2O2. The summed E-state index contributed by atoms with van der Waals surface area (Å²) in [6, 6.07) is 0.271. The van der Waals surface area contributed by atoms with Crippen molar-refractivity contribution in [3.8, 4) is 0 Å². The first-order valence-electron chi connectivity index (χ1n) is 7.51. The molecule has 0 aliphatic carbocycles. The van der Waals surface area contributed by atoms with E-state index < -0.39 is 12.1 Å². The van der Waals surface area contributed by atoms with Gasteiger partial charge in [0.1, 0.15) is 0 Å². The van der Waals surface area contributed by atoms with Crippen LogP contribution in [0.5, 0.6) is 0 Å². The topological polar surface area (TPSA) is 40.6 Å². The van der Waals surface area contributed by atoms with E-state index in [-0.39, 0.29) is 31.0 Å². The monoisotopic (exact) mass is 306 g/mol. The van der Waals surface area contributed by atoms with Crippen LogP contribution in [-0.2, 0) is 9.59 Å². The van der Waals surface area contributed by atoms with Crippen LogP contribution in [0, 0.1) is 5.92 Å². The van der Waals surface area contributed by atoms with Crippen molar-refractivity contribution in [3.63, 3.8) is 0 Å². The number of alkyl halides is 3. The largest absolute Gasteiger partial charge is 0.471 e. The first kappa shape index (κ1) is 16.1. The molecule has 7 heteroatoms. The van der Waals surface area contributed by atoms with Gasteiger partial charge in [-0.1, -0.05) is 6.92 Å². The van der Waals surface area contributed by atoms with Crippen LogP contribution in [0.1, 0.15) is 39.0 Å². The van der Waals surface area contributed by atoms with Gasteiger partial charge in [-0.2, -0.15) is 13.2 Å². The molecule has 0 aromatic heterocycles. The summed E-state index contributed by atoms with van der Waals surface area (Å²) >= 11 is 0. The van der Waals surface area contributed by atoms with Gasteiger partial charge in [-0.05, 0) is 32.1 Å². The summed E-state index contributed by atoms with van der Waals surface area (Å²) in [6.45, 7) is 2.82. The third kappa shape index (κ3) is 3.49. The Bertz CT molecular complexity index is 404. The van der Waals surface area contributed by atoms with Gasteiger partial charge in [-0.25, -0.2) is 0 Å². The zero-order chi connectivity index (χ0) is 15.6. The molecule has 120 valence electrons. The smallest absolute Gasteiger partial charge is 0.339 e. The molecule has 2 aliphatic rings. The number of hydrogen-bond donors (Lipinski definition) is 0. The molecule has 2 heterocycles. The molecule has 4 nitrogen and oxygen atoms in total. The van der Waals surface area contributed by atoms with Crippen molar-refractivity contribution in [1.82, 2.24) is 9.80 Å². The highest BCUT2D eigenvalue weighted by Gasteiger charge is 2.44. The van der Waals surface area contributed by atoms with Gasteiger partial charge in [0.25, 0.3) is 0 Å². The molecule has 0 aromatic rings. The third-order valence-electron chi connectivity index (χ3n) is 4.51. The van der Waals surface area contributed by atoms with E-state index in [1.165, 1.54) is 0 Å². The maximum absolute atomic E-state index is 12.4. The highest BCUT2D eigenvalue weighted by Crippen LogP contribution is 2.28. The highest BCUT2D eigenvalue weighted by atomic mass is 19.4. The highest BCUT2D eigenvalue weighted by molar-refractivity contribution is 5.83. The summed E-state index contributed by atoms with van der Waals surface area (Å²) in [5.41, 5.74) is 0. The predicted octanol–water partition coefficient (Wildman–Crippen LogP) is 2.19. The number of halogens is 3.